The molecule has 0 aromatic carbocycles. The summed E-state index contributed by atoms with van der Waals surface area (Å²) in [6.45, 7) is 1.90. The lowest BCUT2D eigenvalue weighted by Gasteiger charge is -2.17. The monoisotopic (exact) mass is 175 g/mol. The van der Waals surface area contributed by atoms with Gasteiger partial charge in [-0.3, -0.25) is 0 Å². The van der Waals surface area contributed by atoms with E-state index in [-0.39, 0.29) is 5.41 Å². The van der Waals surface area contributed by atoms with E-state index >= 15 is 0 Å². The van der Waals surface area contributed by atoms with Crippen molar-refractivity contribution in [2.24, 2.45) is 5.41 Å². The molecule has 1 spiro atoms. The molecule has 0 aliphatic carbocycles. The summed E-state index contributed by atoms with van der Waals surface area (Å²) in [5.41, 5.74) is 0.124. The van der Waals surface area contributed by atoms with Gasteiger partial charge in [-0.2, -0.15) is 0 Å². The maximum atomic E-state index is 11.2. The molecule has 4 heteroatoms. The van der Waals surface area contributed by atoms with Gasteiger partial charge in [-0.25, -0.2) is 8.42 Å². The van der Waals surface area contributed by atoms with Gasteiger partial charge in [-0.05, 0) is 24.8 Å². The lowest BCUT2D eigenvalue weighted by molar-refractivity contribution is 0.377. The molecule has 2 heterocycles. The normalized spacial score (nSPS) is 41.8. The number of sulfone groups is 1. The average molecular weight is 175 g/mol. The molecule has 64 valence electrons. The molecule has 2 saturated heterocycles. The SMILES string of the molecule is O=S1(=O)CC[C@@]2(CCNC2)C1. The zero-order valence-corrected chi connectivity index (χ0v) is 7.28. The Morgan fingerprint density at radius 1 is 1.27 bits per heavy atom. The van der Waals surface area contributed by atoms with Gasteiger partial charge in [0.05, 0.1) is 11.5 Å². The van der Waals surface area contributed by atoms with Crippen LogP contribution in [-0.2, 0) is 9.84 Å². The van der Waals surface area contributed by atoms with Crippen molar-refractivity contribution < 1.29 is 8.42 Å². The highest BCUT2D eigenvalue weighted by Gasteiger charge is 2.43. The minimum atomic E-state index is -2.68. The smallest absolute Gasteiger partial charge is 0.150 e. The van der Waals surface area contributed by atoms with E-state index in [4.69, 9.17) is 0 Å². The predicted molar refractivity (Wildman–Crippen MR) is 43.2 cm³/mol. The van der Waals surface area contributed by atoms with Gasteiger partial charge in [0.1, 0.15) is 0 Å². The minimum Gasteiger partial charge on any atom is -0.316 e. The third kappa shape index (κ3) is 1.29. The lowest BCUT2D eigenvalue weighted by Crippen LogP contribution is -2.24. The molecule has 1 N–H and O–H groups in total. The summed E-state index contributed by atoms with van der Waals surface area (Å²) >= 11 is 0. The van der Waals surface area contributed by atoms with Crippen molar-refractivity contribution in [2.75, 3.05) is 24.6 Å². The number of hydrogen-bond donors (Lipinski definition) is 1. The largest absolute Gasteiger partial charge is 0.316 e. The van der Waals surface area contributed by atoms with Crippen LogP contribution in [0.1, 0.15) is 12.8 Å². The fourth-order valence-corrected chi connectivity index (χ4v) is 4.33. The van der Waals surface area contributed by atoms with Crippen LogP contribution in [0.2, 0.25) is 0 Å². The summed E-state index contributed by atoms with van der Waals surface area (Å²) in [6, 6.07) is 0. The van der Waals surface area contributed by atoms with E-state index < -0.39 is 9.84 Å². The Kier molecular flexibility index (Phi) is 1.51. The van der Waals surface area contributed by atoms with Crippen LogP contribution < -0.4 is 5.32 Å². The van der Waals surface area contributed by atoms with Crippen LogP contribution in [0.5, 0.6) is 0 Å². The van der Waals surface area contributed by atoms with E-state index in [0.29, 0.717) is 11.5 Å². The van der Waals surface area contributed by atoms with Crippen molar-refractivity contribution in [3.8, 4) is 0 Å². The molecule has 0 bridgehead atoms. The number of hydrogen-bond acceptors (Lipinski definition) is 3. The lowest BCUT2D eigenvalue weighted by atomic mass is 9.87. The topological polar surface area (TPSA) is 46.2 Å². The molecule has 0 aromatic heterocycles. The van der Waals surface area contributed by atoms with Gasteiger partial charge in [0.2, 0.25) is 0 Å². The molecule has 11 heavy (non-hydrogen) atoms. The quantitative estimate of drug-likeness (QED) is 0.554. The second-order valence-corrected chi connectivity index (χ2v) is 5.95. The first kappa shape index (κ1) is 7.55. The molecule has 3 nitrogen and oxygen atoms in total. The maximum Gasteiger partial charge on any atom is 0.150 e. The third-order valence-electron chi connectivity index (χ3n) is 2.80. The van der Waals surface area contributed by atoms with Crippen molar-refractivity contribution in [1.29, 1.82) is 0 Å². The Morgan fingerprint density at radius 3 is 2.55 bits per heavy atom. The minimum absolute atomic E-state index is 0.124. The first-order valence-corrected chi connectivity index (χ1v) is 5.85. The van der Waals surface area contributed by atoms with Gasteiger partial charge in [0.15, 0.2) is 9.84 Å². The molecule has 2 aliphatic heterocycles. The third-order valence-corrected chi connectivity index (χ3v) is 4.68. The van der Waals surface area contributed by atoms with Crippen molar-refractivity contribution in [2.45, 2.75) is 12.8 Å². The van der Waals surface area contributed by atoms with Crippen LogP contribution in [0.15, 0.2) is 0 Å². The van der Waals surface area contributed by atoms with E-state index in [1.54, 1.807) is 0 Å². The van der Waals surface area contributed by atoms with Gasteiger partial charge in [-0.15, -0.1) is 0 Å². The molecular weight excluding hydrogens is 162 g/mol. The van der Waals surface area contributed by atoms with Crippen LogP contribution in [0.25, 0.3) is 0 Å². The highest BCUT2D eigenvalue weighted by molar-refractivity contribution is 7.91. The maximum absolute atomic E-state index is 11.2. The second kappa shape index (κ2) is 2.20. The van der Waals surface area contributed by atoms with Crippen LogP contribution >= 0.6 is 0 Å². The molecule has 0 unspecified atom stereocenters. The average Bonchev–Trinajstić information content (AvgIpc) is 2.43. The highest BCUT2D eigenvalue weighted by Crippen LogP contribution is 2.37. The summed E-state index contributed by atoms with van der Waals surface area (Å²) in [6.07, 6.45) is 1.93. The van der Waals surface area contributed by atoms with Gasteiger partial charge in [0, 0.05) is 6.54 Å². The zero-order valence-electron chi connectivity index (χ0n) is 6.47. The second-order valence-electron chi connectivity index (χ2n) is 3.77. The molecule has 1 atom stereocenters. The standard InChI is InChI=1S/C7H13NO2S/c9-11(10)4-2-7(6-11)1-3-8-5-7/h8H,1-6H2/t7-/m1/s1. The van der Waals surface area contributed by atoms with Crippen molar-refractivity contribution >= 4 is 9.84 Å². The Hall–Kier alpha value is -0.0900. The first-order valence-electron chi connectivity index (χ1n) is 4.03. The molecule has 0 amide bonds. The van der Waals surface area contributed by atoms with E-state index in [0.717, 1.165) is 25.9 Å². The molecule has 2 aliphatic rings. The fraction of sp³-hybridized carbons (Fsp3) is 1.00. The Labute approximate surface area is 67.1 Å². The fourth-order valence-electron chi connectivity index (χ4n) is 2.11. The Morgan fingerprint density at radius 2 is 2.09 bits per heavy atom. The molecule has 0 radical (unpaired) electrons. The van der Waals surface area contributed by atoms with E-state index in [1.807, 2.05) is 0 Å². The van der Waals surface area contributed by atoms with Crippen molar-refractivity contribution in [3.05, 3.63) is 0 Å². The summed E-state index contributed by atoms with van der Waals surface area (Å²) < 4.78 is 22.3. The number of nitrogens with one attached hydrogen (secondary N) is 1. The van der Waals surface area contributed by atoms with Gasteiger partial charge in [-0.1, -0.05) is 0 Å². The molecule has 2 fully saturated rings. The number of rotatable bonds is 0. The van der Waals surface area contributed by atoms with Gasteiger partial charge in [0.25, 0.3) is 0 Å². The highest BCUT2D eigenvalue weighted by atomic mass is 32.2. The van der Waals surface area contributed by atoms with E-state index in [2.05, 4.69) is 5.32 Å². The molecule has 0 aromatic rings. The first-order chi connectivity index (χ1) is 5.12. The summed E-state index contributed by atoms with van der Waals surface area (Å²) in [4.78, 5) is 0. The van der Waals surface area contributed by atoms with Gasteiger partial charge < -0.3 is 5.32 Å². The predicted octanol–water partition coefficient (Wildman–Crippen LogP) is -0.215. The van der Waals surface area contributed by atoms with Crippen LogP contribution in [0.3, 0.4) is 0 Å². The van der Waals surface area contributed by atoms with Crippen LogP contribution in [0.4, 0.5) is 0 Å². The van der Waals surface area contributed by atoms with Crippen LogP contribution in [-0.4, -0.2) is 33.0 Å². The Bertz CT molecular complexity index is 252. The van der Waals surface area contributed by atoms with Crippen LogP contribution in [0, 0.1) is 5.41 Å². The molecular formula is C7H13NO2S. The summed E-state index contributed by atoms with van der Waals surface area (Å²) in [5.74, 6) is 0.835. The zero-order chi connectivity index (χ0) is 7.95. The molecule has 0 saturated carbocycles. The summed E-state index contributed by atoms with van der Waals surface area (Å²) in [7, 11) is -2.68. The van der Waals surface area contributed by atoms with E-state index in [1.165, 1.54) is 0 Å². The Balaban J connectivity index is 2.20. The van der Waals surface area contributed by atoms with Crippen molar-refractivity contribution in [1.82, 2.24) is 5.32 Å². The summed E-state index contributed by atoms with van der Waals surface area (Å²) in [5, 5.41) is 3.23. The van der Waals surface area contributed by atoms with Gasteiger partial charge >= 0.3 is 0 Å². The molecule has 2 rings (SSSR count). The van der Waals surface area contributed by atoms with E-state index in [9.17, 15) is 8.42 Å². The van der Waals surface area contributed by atoms with Crippen molar-refractivity contribution in [3.63, 3.8) is 0 Å².